The Morgan fingerprint density at radius 3 is 2.79 bits per heavy atom. The molecule has 0 atom stereocenters. The van der Waals surface area contributed by atoms with Crippen molar-refractivity contribution in [2.45, 2.75) is 26.4 Å². The van der Waals surface area contributed by atoms with Crippen LogP contribution in [0.3, 0.4) is 0 Å². The number of likely N-dealkylation sites (N-methyl/N-ethyl adjacent to an activating group) is 1. The van der Waals surface area contributed by atoms with Crippen LogP contribution in [0.2, 0.25) is 0 Å². The molecule has 0 aliphatic carbocycles. The van der Waals surface area contributed by atoms with Crippen molar-refractivity contribution in [3.05, 3.63) is 27.2 Å². The third kappa shape index (κ3) is 3.07. The first-order chi connectivity index (χ1) is 8.90. The minimum atomic E-state index is -0.271. The second-order valence-corrected chi connectivity index (χ2v) is 6.18. The Morgan fingerprint density at radius 1 is 1.47 bits per heavy atom. The van der Waals surface area contributed by atoms with Gasteiger partial charge in [-0.2, -0.15) is 0 Å². The smallest absolute Gasteiger partial charge is 0.178 e. The molecule has 104 valence electrons. The van der Waals surface area contributed by atoms with Gasteiger partial charge >= 0.3 is 0 Å². The molecule has 0 fully saturated rings. The number of nitrogens with one attached hydrogen (secondary N) is 1. The number of benzene rings is 1. The van der Waals surface area contributed by atoms with Gasteiger partial charge in [-0.05, 0) is 55.1 Å². The highest BCUT2D eigenvalue weighted by Crippen LogP contribution is 2.23. The zero-order chi connectivity index (χ0) is 14.2. The van der Waals surface area contributed by atoms with Gasteiger partial charge in [-0.25, -0.2) is 4.39 Å². The lowest BCUT2D eigenvalue weighted by Gasteiger charge is -2.21. The third-order valence-electron chi connectivity index (χ3n) is 3.37. The van der Waals surface area contributed by atoms with Crippen molar-refractivity contribution < 1.29 is 4.39 Å². The molecule has 1 aromatic carbocycles. The number of fused-ring (bicyclic) bond motifs is 1. The van der Waals surface area contributed by atoms with Crippen LogP contribution < -0.4 is 0 Å². The monoisotopic (exact) mass is 345 g/mol. The van der Waals surface area contributed by atoms with Gasteiger partial charge in [-0.1, -0.05) is 0 Å². The van der Waals surface area contributed by atoms with Gasteiger partial charge in [0.05, 0.1) is 15.5 Å². The van der Waals surface area contributed by atoms with E-state index in [9.17, 15) is 4.39 Å². The van der Waals surface area contributed by atoms with Crippen molar-refractivity contribution >= 4 is 39.2 Å². The minimum absolute atomic E-state index is 0.271. The van der Waals surface area contributed by atoms with Crippen LogP contribution in [-0.2, 0) is 6.54 Å². The maximum atomic E-state index is 13.6. The lowest BCUT2D eigenvalue weighted by molar-refractivity contribution is 0.263. The number of aromatic nitrogens is 2. The largest absolute Gasteiger partial charge is 0.331 e. The predicted molar refractivity (Wildman–Crippen MR) is 82.5 cm³/mol. The lowest BCUT2D eigenvalue weighted by Crippen LogP contribution is -2.29. The molecule has 1 heterocycles. The van der Waals surface area contributed by atoms with Gasteiger partial charge in [0, 0.05) is 25.2 Å². The average molecular weight is 346 g/mol. The fourth-order valence-electron chi connectivity index (χ4n) is 1.89. The first-order valence-corrected chi connectivity index (χ1v) is 7.38. The molecule has 0 unspecified atom stereocenters. The van der Waals surface area contributed by atoms with Crippen molar-refractivity contribution in [3.63, 3.8) is 0 Å². The standard InChI is InChI=1S/C13H17BrFN3S/c1-8(2)17(3)4-5-18-12-7-10(15)9(14)6-11(12)16-13(18)19/h6-8H,4-5H2,1-3H3,(H,16,19). The van der Waals surface area contributed by atoms with Crippen molar-refractivity contribution in [1.29, 1.82) is 0 Å². The van der Waals surface area contributed by atoms with Gasteiger partial charge in [0.15, 0.2) is 4.77 Å². The molecule has 0 amide bonds. The zero-order valence-electron chi connectivity index (χ0n) is 11.2. The molecule has 0 bridgehead atoms. The van der Waals surface area contributed by atoms with Crippen LogP contribution in [0.5, 0.6) is 0 Å². The van der Waals surface area contributed by atoms with Crippen molar-refractivity contribution in [2.75, 3.05) is 13.6 Å². The molecule has 0 spiro atoms. The molecule has 2 rings (SSSR count). The Balaban J connectivity index is 2.35. The SMILES string of the molecule is CC(C)N(C)CCn1c(=S)[nH]c2cc(Br)c(F)cc21. The molecule has 6 heteroatoms. The van der Waals surface area contributed by atoms with E-state index in [1.165, 1.54) is 6.07 Å². The number of imidazole rings is 1. The maximum Gasteiger partial charge on any atom is 0.178 e. The molecule has 0 aliphatic rings. The molecule has 1 N–H and O–H groups in total. The summed E-state index contributed by atoms with van der Waals surface area (Å²) in [4.78, 5) is 5.34. The minimum Gasteiger partial charge on any atom is -0.331 e. The average Bonchev–Trinajstić information content (AvgIpc) is 2.62. The Labute approximate surface area is 125 Å². The highest BCUT2D eigenvalue weighted by Gasteiger charge is 2.10. The van der Waals surface area contributed by atoms with Crippen LogP contribution in [0.4, 0.5) is 4.39 Å². The number of halogens is 2. The molecule has 2 aromatic rings. The van der Waals surface area contributed by atoms with E-state index < -0.39 is 0 Å². The highest BCUT2D eigenvalue weighted by atomic mass is 79.9. The Hall–Kier alpha value is -0.720. The second kappa shape index (κ2) is 5.73. The number of nitrogens with zero attached hydrogens (tertiary/aromatic N) is 2. The highest BCUT2D eigenvalue weighted by molar-refractivity contribution is 9.10. The predicted octanol–water partition coefficient (Wildman–Crippen LogP) is 3.94. The van der Waals surface area contributed by atoms with Gasteiger partial charge < -0.3 is 14.5 Å². The summed E-state index contributed by atoms with van der Waals surface area (Å²) in [7, 11) is 2.07. The summed E-state index contributed by atoms with van der Waals surface area (Å²) in [5.41, 5.74) is 1.66. The van der Waals surface area contributed by atoms with Gasteiger partial charge in [0.2, 0.25) is 0 Å². The molecule has 3 nitrogen and oxygen atoms in total. The van der Waals surface area contributed by atoms with Gasteiger partial charge in [-0.15, -0.1) is 0 Å². The van der Waals surface area contributed by atoms with Crippen molar-refractivity contribution in [2.24, 2.45) is 0 Å². The lowest BCUT2D eigenvalue weighted by atomic mass is 10.3. The number of rotatable bonds is 4. The normalized spacial score (nSPS) is 11.9. The second-order valence-electron chi connectivity index (χ2n) is 4.94. The van der Waals surface area contributed by atoms with Crippen LogP contribution in [0.15, 0.2) is 16.6 Å². The summed E-state index contributed by atoms with van der Waals surface area (Å²) in [6.07, 6.45) is 0. The molecule has 0 radical (unpaired) electrons. The first-order valence-electron chi connectivity index (χ1n) is 6.18. The molecule has 19 heavy (non-hydrogen) atoms. The van der Waals surface area contributed by atoms with Crippen LogP contribution in [0.25, 0.3) is 11.0 Å². The Bertz CT molecular complexity index is 647. The summed E-state index contributed by atoms with van der Waals surface area (Å²) in [6.45, 7) is 5.90. The van der Waals surface area contributed by atoms with Gasteiger partial charge in [0.1, 0.15) is 5.82 Å². The number of aromatic amines is 1. The molecular formula is C13H17BrFN3S. The van der Waals surface area contributed by atoms with Gasteiger partial charge in [0.25, 0.3) is 0 Å². The topological polar surface area (TPSA) is 24.0 Å². The summed E-state index contributed by atoms with van der Waals surface area (Å²) in [6, 6.07) is 3.72. The van der Waals surface area contributed by atoms with Crippen LogP contribution in [0, 0.1) is 10.6 Å². The van der Waals surface area contributed by atoms with Crippen LogP contribution >= 0.6 is 28.1 Å². The summed E-state index contributed by atoms with van der Waals surface area (Å²) < 4.78 is 16.7. The molecule has 1 aromatic heterocycles. The maximum absolute atomic E-state index is 13.6. The summed E-state index contributed by atoms with van der Waals surface area (Å²) in [5.74, 6) is -0.271. The van der Waals surface area contributed by atoms with E-state index >= 15 is 0 Å². The Kier molecular flexibility index (Phi) is 4.43. The van der Waals surface area contributed by atoms with Crippen LogP contribution in [0.1, 0.15) is 13.8 Å². The van der Waals surface area contributed by atoms with E-state index in [0.29, 0.717) is 15.3 Å². The van der Waals surface area contributed by atoms with Crippen LogP contribution in [-0.4, -0.2) is 34.1 Å². The summed E-state index contributed by atoms with van der Waals surface area (Å²) in [5, 5.41) is 0. The fraction of sp³-hybridized carbons (Fsp3) is 0.462. The summed E-state index contributed by atoms with van der Waals surface area (Å²) >= 11 is 8.49. The molecular weight excluding hydrogens is 329 g/mol. The van der Waals surface area contributed by atoms with E-state index in [1.54, 1.807) is 6.07 Å². The first kappa shape index (κ1) is 14.7. The molecule has 0 aliphatic heterocycles. The van der Waals surface area contributed by atoms with E-state index in [2.05, 4.69) is 46.7 Å². The molecule has 0 saturated carbocycles. The molecule has 0 saturated heterocycles. The third-order valence-corrected chi connectivity index (χ3v) is 4.30. The van der Waals surface area contributed by atoms with E-state index in [4.69, 9.17) is 12.2 Å². The quantitative estimate of drug-likeness (QED) is 0.848. The number of hydrogen-bond acceptors (Lipinski definition) is 2. The number of H-pyrrole nitrogens is 1. The van der Waals surface area contributed by atoms with Gasteiger partial charge in [-0.3, -0.25) is 0 Å². The van der Waals surface area contributed by atoms with E-state index in [1.807, 2.05) is 4.57 Å². The number of hydrogen-bond donors (Lipinski definition) is 1. The zero-order valence-corrected chi connectivity index (χ0v) is 13.6. The van der Waals surface area contributed by atoms with Crippen molar-refractivity contribution in [3.8, 4) is 0 Å². The Morgan fingerprint density at radius 2 is 2.16 bits per heavy atom. The van der Waals surface area contributed by atoms with E-state index in [-0.39, 0.29) is 5.82 Å². The van der Waals surface area contributed by atoms with E-state index in [0.717, 1.165) is 24.1 Å². The van der Waals surface area contributed by atoms with Crippen molar-refractivity contribution in [1.82, 2.24) is 14.5 Å². The fourth-order valence-corrected chi connectivity index (χ4v) is 2.53.